The topological polar surface area (TPSA) is 59.4 Å². The molecule has 0 unspecified atom stereocenters. The Hall–Kier alpha value is -2.26. The lowest BCUT2D eigenvalue weighted by atomic mass is 9.89. The Morgan fingerprint density at radius 3 is 2.38 bits per heavy atom. The summed E-state index contributed by atoms with van der Waals surface area (Å²) in [4.78, 5) is 15.4. The molecule has 1 saturated heterocycles. The number of benzene rings is 1. The first-order valence-corrected chi connectivity index (χ1v) is 13.7. The van der Waals surface area contributed by atoms with Gasteiger partial charge in [0.2, 0.25) is 0 Å². The maximum Gasteiger partial charge on any atom is 0.416 e. The number of hydrogen-bond acceptors (Lipinski definition) is 5. The second-order valence-corrected chi connectivity index (χ2v) is 11.5. The summed E-state index contributed by atoms with van der Waals surface area (Å²) in [6.45, 7) is 2.33. The monoisotopic (exact) mass is 536 g/mol. The molecule has 3 atom stereocenters. The number of fused-ring (bicyclic) bond motifs is 1. The fourth-order valence-corrected chi connectivity index (χ4v) is 6.49. The van der Waals surface area contributed by atoms with E-state index in [1.54, 1.807) is 18.3 Å². The standard InChI is InChI=1S/C27H32ClF3N4O2/c28-25-24(32-12-17-15-37-14-16-11-23(16)17)13-33-35(26(25)36)22-9-7-21(8-10-22)34(20-5-6-20)19-3-1-18(2-4-19)27(29,30)31/h1-4,13,16-17,20-23,32H,5-12,14-15H2/t16-,17-,21-,22-,23-/m0/s1. The molecule has 6 nitrogen and oxygen atoms in total. The zero-order valence-electron chi connectivity index (χ0n) is 20.6. The largest absolute Gasteiger partial charge is 0.416 e. The normalized spacial score (nSPS) is 29.5. The summed E-state index contributed by atoms with van der Waals surface area (Å²) in [6, 6.07) is 6.09. The van der Waals surface area contributed by atoms with Crippen molar-refractivity contribution in [1.29, 1.82) is 0 Å². The van der Waals surface area contributed by atoms with Crippen molar-refractivity contribution in [3.8, 4) is 0 Å². The van der Waals surface area contributed by atoms with Crippen LogP contribution in [0.2, 0.25) is 5.02 Å². The van der Waals surface area contributed by atoms with E-state index in [1.165, 1.54) is 23.2 Å². The van der Waals surface area contributed by atoms with Gasteiger partial charge in [-0.05, 0) is 81.0 Å². The molecule has 1 aromatic carbocycles. The third-order valence-electron chi connectivity index (χ3n) is 8.58. The molecule has 1 N–H and O–H groups in total. The molecule has 1 aromatic heterocycles. The minimum Gasteiger partial charge on any atom is -0.382 e. The van der Waals surface area contributed by atoms with Crippen LogP contribution in [0.5, 0.6) is 0 Å². The summed E-state index contributed by atoms with van der Waals surface area (Å²) >= 11 is 6.48. The van der Waals surface area contributed by atoms with Crippen molar-refractivity contribution in [3.05, 3.63) is 51.4 Å². The van der Waals surface area contributed by atoms with Crippen LogP contribution >= 0.6 is 11.6 Å². The van der Waals surface area contributed by atoms with E-state index < -0.39 is 11.7 Å². The van der Waals surface area contributed by atoms with E-state index in [0.717, 1.165) is 64.0 Å². The molecule has 10 heteroatoms. The van der Waals surface area contributed by atoms with E-state index in [9.17, 15) is 18.0 Å². The SMILES string of the molecule is O=c1c(Cl)c(NC[C@H]2COC[C@@H]3C[C@@H]32)cnn1[C@H]1CC[C@H](N(c2ccc(C(F)(F)F)cc2)C2CC2)CC1. The summed E-state index contributed by atoms with van der Waals surface area (Å²) < 4.78 is 46.2. The second-order valence-electron chi connectivity index (χ2n) is 11.1. The smallest absolute Gasteiger partial charge is 0.382 e. The predicted molar refractivity (Wildman–Crippen MR) is 136 cm³/mol. The van der Waals surface area contributed by atoms with Crippen LogP contribution in [0.25, 0.3) is 0 Å². The van der Waals surface area contributed by atoms with E-state index in [0.29, 0.717) is 29.5 Å². The molecule has 6 rings (SSSR count). The molecule has 1 aliphatic heterocycles. The Kier molecular flexibility index (Phi) is 6.63. The van der Waals surface area contributed by atoms with Crippen molar-refractivity contribution in [2.45, 2.75) is 69.2 Å². The van der Waals surface area contributed by atoms with Gasteiger partial charge in [0.1, 0.15) is 5.02 Å². The molecule has 0 bridgehead atoms. The summed E-state index contributed by atoms with van der Waals surface area (Å²) in [5, 5.41) is 7.96. The zero-order valence-corrected chi connectivity index (χ0v) is 21.3. The van der Waals surface area contributed by atoms with Gasteiger partial charge < -0.3 is 15.0 Å². The first-order chi connectivity index (χ1) is 17.8. The number of halogens is 4. The Balaban J connectivity index is 1.09. The van der Waals surface area contributed by atoms with Gasteiger partial charge in [-0.15, -0.1) is 0 Å². The molecule has 200 valence electrons. The van der Waals surface area contributed by atoms with Gasteiger partial charge in [0, 0.05) is 36.8 Å². The number of nitrogens with zero attached hydrogens (tertiary/aromatic N) is 3. The first-order valence-electron chi connectivity index (χ1n) is 13.3. The van der Waals surface area contributed by atoms with Gasteiger partial charge in [-0.25, -0.2) is 4.68 Å². The van der Waals surface area contributed by atoms with E-state index in [-0.39, 0.29) is 22.7 Å². The molecule has 0 spiro atoms. The highest BCUT2D eigenvalue weighted by molar-refractivity contribution is 6.32. The van der Waals surface area contributed by atoms with Crippen molar-refractivity contribution in [3.63, 3.8) is 0 Å². The molecule has 0 amide bonds. The molecular formula is C27H32ClF3N4O2. The Morgan fingerprint density at radius 1 is 1.05 bits per heavy atom. The van der Waals surface area contributed by atoms with E-state index >= 15 is 0 Å². The van der Waals surface area contributed by atoms with Crippen molar-refractivity contribution < 1.29 is 17.9 Å². The zero-order chi connectivity index (χ0) is 25.7. The van der Waals surface area contributed by atoms with Gasteiger partial charge in [-0.2, -0.15) is 18.3 Å². The van der Waals surface area contributed by atoms with Crippen LogP contribution in [-0.2, 0) is 10.9 Å². The number of alkyl halides is 3. The van der Waals surface area contributed by atoms with Crippen molar-refractivity contribution in [1.82, 2.24) is 9.78 Å². The highest BCUT2D eigenvalue weighted by Gasteiger charge is 2.46. The highest BCUT2D eigenvalue weighted by Crippen LogP contribution is 2.47. The lowest BCUT2D eigenvalue weighted by molar-refractivity contribution is -0.137. The number of anilines is 2. The van der Waals surface area contributed by atoms with Gasteiger partial charge in [-0.3, -0.25) is 4.79 Å². The fraction of sp³-hybridized carbons (Fsp3) is 0.630. The number of aromatic nitrogens is 2. The van der Waals surface area contributed by atoms with E-state index in [4.69, 9.17) is 16.3 Å². The molecule has 2 aromatic rings. The van der Waals surface area contributed by atoms with Crippen LogP contribution in [0.15, 0.2) is 35.3 Å². The Bertz CT molecular complexity index is 1180. The molecule has 37 heavy (non-hydrogen) atoms. The highest BCUT2D eigenvalue weighted by atomic mass is 35.5. The number of hydrogen-bond donors (Lipinski definition) is 1. The number of rotatable bonds is 7. The van der Waals surface area contributed by atoms with Crippen LogP contribution in [-0.4, -0.2) is 41.6 Å². The van der Waals surface area contributed by atoms with Gasteiger partial charge in [0.25, 0.3) is 5.56 Å². The van der Waals surface area contributed by atoms with Crippen LogP contribution < -0.4 is 15.8 Å². The summed E-state index contributed by atoms with van der Waals surface area (Å²) in [5.41, 5.74) is 0.510. The van der Waals surface area contributed by atoms with Crippen LogP contribution in [0.1, 0.15) is 56.6 Å². The van der Waals surface area contributed by atoms with E-state index in [2.05, 4.69) is 15.3 Å². The molecule has 3 aliphatic carbocycles. The molecule has 3 saturated carbocycles. The van der Waals surface area contributed by atoms with Crippen molar-refractivity contribution in [2.24, 2.45) is 17.8 Å². The second kappa shape index (κ2) is 9.80. The quantitative estimate of drug-likeness (QED) is 0.487. The van der Waals surface area contributed by atoms with Gasteiger partial charge in [0.05, 0.1) is 30.1 Å². The van der Waals surface area contributed by atoms with Crippen molar-refractivity contribution in [2.75, 3.05) is 30.0 Å². The molecule has 0 radical (unpaired) electrons. The lowest BCUT2D eigenvalue weighted by Gasteiger charge is -2.39. The van der Waals surface area contributed by atoms with Crippen LogP contribution in [0.4, 0.5) is 24.5 Å². The van der Waals surface area contributed by atoms with Gasteiger partial charge >= 0.3 is 6.18 Å². The average molecular weight is 537 g/mol. The van der Waals surface area contributed by atoms with Crippen LogP contribution in [0.3, 0.4) is 0 Å². The number of ether oxygens (including phenoxy) is 1. The Labute approximate surface area is 219 Å². The minimum atomic E-state index is -4.34. The van der Waals surface area contributed by atoms with E-state index in [1.807, 2.05) is 0 Å². The maximum atomic E-state index is 13.1. The first kappa shape index (κ1) is 25.0. The molecular weight excluding hydrogens is 505 g/mol. The predicted octanol–water partition coefficient (Wildman–Crippen LogP) is 5.76. The molecule has 4 aliphatic rings. The average Bonchev–Trinajstić information content (AvgIpc) is 3.81. The van der Waals surface area contributed by atoms with Gasteiger partial charge in [-0.1, -0.05) is 11.6 Å². The summed E-state index contributed by atoms with van der Waals surface area (Å²) in [5.74, 6) is 1.83. The van der Waals surface area contributed by atoms with Gasteiger partial charge in [0.15, 0.2) is 0 Å². The molecule has 2 heterocycles. The lowest BCUT2D eigenvalue weighted by Crippen LogP contribution is -2.41. The molecule has 4 fully saturated rings. The minimum absolute atomic E-state index is 0.0390. The third kappa shape index (κ3) is 5.21. The fourth-order valence-electron chi connectivity index (χ4n) is 6.29. The third-order valence-corrected chi connectivity index (χ3v) is 8.95. The number of nitrogens with one attached hydrogen (secondary N) is 1. The van der Waals surface area contributed by atoms with Crippen LogP contribution in [0, 0.1) is 17.8 Å². The van der Waals surface area contributed by atoms with Crippen molar-refractivity contribution >= 4 is 23.0 Å². The summed E-state index contributed by atoms with van der Waals surface area (Å²) in [6.07, 6.45) is 3.89. The summed E-state index contributed by atoms with van der Waals surface area (Å²) in [7, 11) is 0. The Morgan fingerprint density at radius 2 is 1.73 bits per heavy atom. The maximum absolute atomic E-state index is 13.1.